The highest BCUT2D eigenvalue weighted by Crippen LogP contribution is 2.36. The average molecular weight is 490 g/mol. The summed E-state index contributed by atoms with van der Waals surface area (Å²) in [5, 5.41) is 0.236. The van der Waals surface area contributed by atoms with Crippen LogP contribution in [0.15, 0.2) is 60.7 Å². The van der Waals surface area contributed by atoms with E-state index in [0.717, 1.165) is 11.6 Å². The normalized spacial score (nSPS) is 12.2. The number of aryl methyl sites for hydroxylation is 3. The Kier molecular flexibility index (Phi) is 5.72. The number of para-hydroxylation sites is 1. The second-order valence-corrected chi connectivity index (χ2v) is 9.28. The maximum atomic E-state index is 13.5. The summed E-state index contributed by atoms with van der Waals surface area (Å²) >= 11 is 0. The monoisotopic (exact) mass is 490 g/mol. The van der Waals surface area contributed by atoms with Crippen LogP contribution >= 0.6 is 0 Å². The van der Waals surface area contributed by atoms with Crippen molar-refractivity contribution >= 4 is 37.9 Å². The Hall–Kier alpha value is -3.66. The van der Waals surface area contributed by atoms with Crippen LogP contribution in [0.3, 0.4) is 0 Å². The zero-order chi connectivity index (χ0) is 24.8. The molecule has 34 heavy (non-hydrogen) atoms. The van der Waals surface area contributed by atoms with Gasteiger partial charge < -0.3 is 8.92 Å². The van der Waals surface area contributed by atoms with Crippen LogP contribution in [0, 0.1) is 13.8 Å². The highest BCUT2D eigenvalue weighted by Gasteiger charge is 2.49. The van der Waals surface area contributed by atoms with Crippen LogP contribution in [0.5, 0.6) is 11.5 Å². The molecular weight excluding hydrogens is 471 g/mol. The molecule has 3 aromatic carbocycles. The minimum Gasteiger partial charge on any atom is -0.423 e. The van der Waals surface area contributed by atoms with Crippen LogP contribution in [-0.2, 0) is 17.2 Å². The lowest BCUT2D eigenvalue weighted by atomic mass is 10.0. The second-order valence-electron chi connectivity index (χ2n) is 7.74. The zero-order valence-corrected chi connectivity index (χ0v) is 19.1. The average Bonchev–Trinajstić information content (AvgIpc) is 2.76. The molecule has 0 saturated heterocycles. The standard InChI is InChI=1S/C24H19F3NO5S/c1-14-11-12-15(2)20(13-14)32-23(29)21-16-7-4-5-8-17(16)28(3)18-9-6-10-19(22(18)21)33-34(30,31)24(25,26)27/h4-13H,1-3H3/q+1. The maximum Gasteiger partial charge on any atom is 0.534 e. The molecule has 0 amide bonds. The number of halogens is 3. The summed E-state index contributed by atoms with van der Waals surface area (Å²) in [6, 6.07) is 15.9. The molecule has 0 saturated carbocycles. The van der Waals surface area contributed by atoms with E-state index in [9.17, 15) is 26.4 Å². The molecule has 4 rings (SSSR count). The van der Waals surface area contributed by atoms with E-state index in [1.807, 2.05) is 13.0 Å². The number of alkyl halides is 3. The van der Waals surface area contributed by atoms with Gasteiger partial charge in [0.15, 0.2) is 5.75 Å². The number of carbonyl (C=O) groups is 1. The fourth-order valence-corrected chi connectivity index (χ4v) is 4.18. The van der Waals surface area contributed by atoms with Crippen molar-refractivity contribution in [1.82, 2.24) is 0 Å². The minimum absolute atomic E-state index is 0.113. The van der Waals surface area contributed by atoms with Crippen LogP contribution in [0.25, 0.3) is 21.8 Å². The second kappa shape index (κ2) is 8.28. The van der Waals surface area contributed by atoms with Crippen LogP contribution in [0.4, 0.5) is 13.2 Å². The number of hydrogen-bond donors (Lipinski definition) is 0. The van der Waals surface area contributed by atoms with Gasteiger partial charge in [-0.15, -0.1) is 0 Å². The van der Waals surface area contributed by atoms with Gasteiger partial charge in [-0.3, -0.25) is 0 Å². The predicted molar refractivity (Wildman–Crippen MR) is 119 cm³/mol. The van der Waals surface area contributed by atoms with Crippen molar-refractivity contribution in [2.45, 2.75) is 19.4 Å². The summed E-state index contributed by atoms with van der Waals surface area (Å²) in [7, 11) is -4.34. The first kappa shape index (κ1) is 23.5. The topological polar surface area (TPSA) is 73.5 Å². The molecule has 176 valence electrons. The molecule has 0 spiro atoms. The molecule has 1 heterocycles. The number of carbonyl (C=O) groups excluding carboxylic acids is 1. The van der Waals surface area contributed by atoms with Gasteiger partial charge in [0.1, 0.15) is 18.2 Å². The highest BCUT2D eigenvalue weighted by molar-refractivity contribution is 7.88. The van der Waals surface area contributed by atoms with Gasteiger partial charge in [0, 0.05) is 12.1 Å². The summed E-state index contributed by atoms with van der Waals surface area (Å²) < 4.78 is 74.6. The number of esters is 1. The Balaban J connectivity index is 2.03. The minimum atomic E-state index is -5.98. The molecule has 6 nitrogen and oxygen atoms in total. The lowest BCUT2D eigenvalue weighted by Crippen LogP contribution is -2.32. The van der Waals surface area contributed by atoms with Gasteiger partial charge in [-0.1, -0.05) is 30.3 Å². The van der Waals surface area contributed by atoms with Crippen molar-refractivity contribution in [2.75, 3.05) is 0 Å². The molecular formula is C24H19F3NO5S+. The molecule has 0 fully saturated rings. The number of benzene rings is 3. The summed E-state index contributed by atoms with van der Waals surface area (Å²) in [5.74, 6) is -1.23. The van der Waals surface area contributed by atoms with Gasteiger partial charge in [0.2, 0.25) is 11.0 Å². The fourth-order valence-electron chi connectivity index (χ4n) is 3.71. The van der Waals surface area contributed by atoms with Gasteiger partial charge in [0.25, 0.3) is 0 Å². The Morgan fingerprint density at radius 1 is 0.912 bits per heavy atom. The number of hydrogen-bond acceptors (Lipinski definition) is 5. The first-order valence-electron chi connectivity index (χ1n) is 10.0. The van der Waals surface area contributed by atoms with Gasteiger partial charge in [-0.2, -0.15) is 26.2 Å². The quantitative estimate of drug-likeness (QED) is 0.102. The van der Waals surface area contributed by atoms with E-state index in [4.69, 9.17) is 4.74 Å². The van der Waals surface area contributed by atoms with Crippen molar-refractivity contribution in [1.29, 1.82) is 0 Å². The molecule has 0 aliphatic rings. The molecule has 1 aromatic heterocycles. The molecule has 0 unspecified atom stereocenters. The van der Waals surface area contributed by atoms with Crippen LogP contribution < -0.4 is 13.5 Å². The van der Waals surface area contributed by atoms with Crippen molar-refractivity contribution < 1.29 is 39.9 Å². The van der Waals surface area contributed by atoms with Crippen molar-refractivity contribution in [3.05, 3.63) is 77.4 Å². The number of fused-ring (bicyclic) bond motifs is 2. The summed E-state index contributed by atoms with van der Waals surface area (Å²) in [4.78, 5) is 13.5. The van der Waals surface area contributed by atoms with E-state index in [2.05, 4.69) is 4.18 Å². The third kappa shape index (κ3) is 4.05. The van der Waals surface area contributed by atoms with Gasteiger partial charge in [0.05, 0.1) is 10.9 Å². The molecule has 4 aromatic rings. The lowest BCUT2D eigenvalue weighted by molar-refractivity contribution is -0.617. The van der Waals surface area contributed by atoms with Gasteiger partial charge >= 0.3 is 21.6 Å². The third-order valence-electron chi connectivity index (χ3n) is 5.38. The van der Waals surface area contributed by atoms with Gasteiger partial charge in [-0.05, 0) is 43.2 Å². The van der Waals surface area contributed by atoms with Crippen molar-refractivity contribution in [3.63, 3.8) is 0 Å². The van der Waals surface area contributed by atoms with E-state index < -0.39 is 27.3 Å². The smallest absolute Gasteiger partial charge is 0.423 e. The van der Waals surface area contributed by atoms with E-state index in [1.54, 1.807) is 61.0 Å². The summed E-state index contributed by atoms with van der Waals surface area (Å²) in [5.41, 5.74) is -3.39. The van der Waals surface area contributed by atoms with Crippen molar-refractivity contribution in [3.8, 4) is 11.5 Å². The molecule has 0 radical (unpaired) electrons. The number of aromatic nitrogens is 1. The molecule has 0 N–H and O–H groups in total. The molecule has 0 atom stereocenters. The Morgan fingerprint density at radius 3 is 2.29 bits per heavy atom. The van der Waals surface area contributed by atoms with E-state index in [1.165, 1.54) is 6.07 Å². The largest absolute Gasteiger partial charge is 0.534 e. The number of nitrogens with zero attached hydrogens (tertiary/aromatic N) is 1. The van der Waals surface area contributed by atoms with Crippen LogP contribution in [-0.4, -0.2) is 19.9 Å². The Morgan fingerprint density at radius 2 is 1.59 bits per heavy atom. The van der Waals surface area contributed by atoms with Crippen LogP contribution in [0.2, 0.25) is 0 Å². The number of rotatable bonds is 4. The molecule has 0 aliphatic carbocycles. The zero-order valence-electron chi connectivity index (χ0n) is 18.3. The first-order valence-corrected chi connectivity index (χ1v) is 11.4. The van der Waals surface area contributed by atoms with E-state index >= 15 is 0 Å². The predicted octanol–water partition coefficient (Wildman–Crippen LogP) is 4.88. The lowest BCUT2D eigenvalue weighted by Gasteiger charge is -2.15. The number of pyridine rings is 1. The van der Waals surface area contributed by atoms with Gasteiger partial charge in [-0.25, -0.2) is 4.79 Å². The van der Waals surface area contributed by atoms with E-state index in [-0.39, 0.29) is 22.2 Å². The SMILES string of the molecule is Cc1ccc(C)c(OC(=O)c2c3ccccc3[n+](C)c3cccc(OS(=O)(=O)C(F)(F)F)c23)c1. The number of ether oxygens (including phenoxy) is 1. The maximum absolute atomic E-state index is 13.5. The Bertz CT molecular complexity index is 1560. The summed E-state index contributed by atoms with van der Waals surface area (Å²) in [6.45, 7) is 3.56. The molecule has 0 aliphatic heterocycles. The Labute approximate surface area is 193 Å². The highest BCUT2D eigenvalue weighted by atomic mass is 32.2. The van der Waals surface area contributed by atoms with Crippen LogP contribution in [0.1, 0.15) is 21.5 Å². The summed E-state index contributed by atoms with van der Waals surface area (Å²) in [6.07, 6.45) is 0. The van der Waals surface area contributed by atoms with E-state index in [0.29, 0.717) is 16.5 Å². The fraction of sp³-hybridized carbons (Fsp3) is 0.167. The third-order valence-corrected chi connectivity index (χ3v) is 6.35. The van der Waals surface area contributed by atoms with Crippen molar-refractivity contribution in [2.24, 2.45) is 7.05 Å². The molecule has 0 bridgehead atoms. The first-order chi connectivity index (χ1) is 15.9. The molecule has 10 heteroatoms.